The van der Waals surface area contributed by atoms with Gasteiger partial charge in [-0.25, -0.2) is 8.42 Å². The number of fused-ring (bicyclic) bond motifs is 1. The van der Waals surface area contributed by atoms with Crippen LogP contribution in [0.4, 0.5) is 11.4 Å². The summed E-state index contributed by atoms with van der Waals surface area (Å²) < 4.78 is 35.3. The number of carboxylic acids is 1. The van der Waals surface area contributed by atoms with E-state index in [1.807, 2.05) is 30.3 Å². The standard InChI is InChI=1S/C36H45N3O7S2.H2O/c1-4-6-18-35(19-7-5-2)23-39(26-16-12-9-13-17-26)27-20-29(47-3)28(21-30(27)48(44,45)24-35)46-32(33(37)42)36(34(38)43,22-31(40)41)25-14-10-8-11-15-25;/h8-17,20-21,32H,4-7,18-19,22-24H2,1-3H3,(H2,37,42)(H2,38,43)(H,40,41);1H2/t32?,36-;/m1./s1. The summed E-state index contributed by atoms with van der Waals surface area (Å²) in [5.74, 6) is -3.77. The molecule has 49 heavy (non-hydrogen) atoms. The third-order valence-electron chi connectivity index (χ3n) is 9.16. The first-order chi connectivity index (χ1) is 22.8. The molecule has 1 unspecified atom stereocenters. The first-order valence-corrected chi connectivity index (χ1v) is 19.0. The number of benzene rings is 3. The maximum atomic E-state index is 14.5. The number of carboxylic acid groups (broad SMARTS) is 1. The summed E-state index contributed by atoms with van der Waals surface area (Å²) in [6.07, 6.45) is 4.06. The average Bonchev–Trinajstić information content (AvgIpc) is 3.15. The number of carbonyl (C=O) groups is 3. The van der Waals surface area contributed by atoms with Crippen molar-refractivity contribution >= 4 is 50.8 Å². The number of unbranched alkanes of at least 4 members (excludes halogenated alkanes) is 2. The van der Waals surface area contributed by atoms with E-state index in [4.69, 9.17) is 16.2 Å². The van der Waals surface area contributed by atoms with Crippen molar-refractivity contribution in [2.45, 2.75) is 80.1 Å². The maximum absolute atomic E-state index is 14.5. The summed E-state index contributed by atoms with van der Waals surface area (Å²) in [7, 11) is -3.95. The summed E-state index contributed by atoms with van der Waals surface area (Å²) in [5, 5.41) is 9.92. The van der Waals surface area contributed by atoms with Gasteiger partial charge in [-0.05, 0) is 42.9 Å². The molecular weight excluding hydrogens is 667 g/mol. The molecule has 0 saturated heterocycles. The van der Waals surface area contributed by atoms with Gasteiger partial charge in [0, 0.05) is 23.7 Å². The minimum atomic E-state index is -3.95. The van der Waals surface area contributed by atoms with E-state index in [-0.39, 0.29) is 27.4 Å². The molecule has 7 N–H and O–H groups in total. The van der Waals surface area contributed by atoms with Crippen molar-refractivity contribution in [2.75, 3.05) is 23.5 Å². The Morgan fingerprint density at radius 3 is 2.04 bits per heavy atom. The Balaban J connectivity index is 0.00000650. The fourth-order valence-electron chi connectivity index (χ4n) is 6.77. The zero-order valence-electron chi connectivity index (χ0n) is 28.2. The molecule has 2 atom stereocenters. The van der Waals surface area contributed by atoms with Crippen LogP contribution in [0.5, 0.6) is 5.75 Å². The predicted octanol–water partition coefficient (Wildman–Crippen LogP) is 5.01. The molecule has 4 rings (SSSR count). The molecule has 1 heterocycles. The van der Waals surface area contributed by atoms with Crippen molar-refractivity contribution in [1.82, 2.24) is 0 Å². The van der Waals surface area contributed by atoms with E-state index < -0.39 is 51.0 Å². The van der Waals surface area contributed by atoms with Crippen LogP contribution in [0.2, 0.25) is 0 Å². The highest BCUT2D eigenvalue weighted by atomic mass is 32.2. The Morgan fingerprint density at radius 1 is 0.980 bits per heavy atom. The van der Waals surface area contributed by atoms with Crippen LogP contribution in [-0.2, 0) is 29.6 Å². The van der Waals surface area contributed by atoms with Crippen molar-refractivity contribution in [1.29, 1.82) is 0 Å². The first-order valence-electron chi connectivity index (χ1n) is 16.1. The Kier molecular flexibility index (Phi) is 13.3. The number of aliphatic carboxylic acids is 1. The van der Waals surface area contributed by atoms with Gasteiger partial charge in [-0.15, -0.1) is 11.8 Å². The number of nitrogens with zero attached hydrogens (tertiary/aromatic N) is 1. The van der Waals surface area contributed by atoms with Crippen molar-refractivity contribution in [2.24, 2.45) is 16.9 Å². The number of amides is 2. The Labute approximate surface area is 292 Å². The van der Waals surface area contributed by atoms with Crippen LogP contribution in [0.25, 0.3) is 0 Å². The molecule has 11 nitrogen and oxygen atoms in total. The highest BCUT2D eigenvalue weighted by Gasteiger charge is 2.53. The monoisotopic (exact) mass is 713 g/mol. The van der Waals surface area contributed by atoms with Gasteiger partial charge in [-0.3, -0.25) is 14.4 Å². The van der Waals surface area contributed by atoms with Gasteiger partial charge in [0.2, 0.25) is 5.91 Å². The molecule has 0 bridgehead atoms. The molecular formula is C36H47N3O8S2. The number of carbonyl (C=O) groups excluding carboxylic acids is 2. The van der Waals surface area contributed by atoms with E-state index in [0.29, 0.717) is 17.1 Å². The summed E-state index contributed by atoms with van der Waals surface area (Å²) in [4.78, 5) is 41.1. The van der Waals surface area contributed by atoms with E-state index in [1.165, 1.54) is 30.0 Å². The molecule has 0 aromatic heterocycles. The number of ether oxygens (including phenoxy) is 1. The number of anilines is 2. The number of sulfone groups is 1. The van der Waals surface area contributed by atoms with E-state index in [0.717, 1.165) is 44.2 Å². The quantitative estimate of drug-likeness (QED) is 0.171. The second-order valence-corrected chi connectivity index (χ2v) is 15.3. The molecule has 0 radical (unpaired) electrons. The van der Waals surface area contributed by atoms with Gasteiger partial charge in [-0.2, -0.15) is 0 Å². The van der Waals surface area contributed by atoms with Crippen LogP contribution in [0.3, 0.4) is 0 Å². The summed E-state index contributed by atoms with van der Waals surface area (Å²) in [5.41, 5.74) is 10.4. The van der Waals surface area contributed by atoms with Gasteiger partial charge in [0.05, 0.1) is 27.7 Å². The van der Waals surface area contributed by atoms with Crippen molar-refractivity contribution in [3.8, 4) is 5.75 Å². The fourth-order valence-corrected chi connectivity index (χ4v) is 9.42. The average molecular weight is 714 g/mol. The minimum absolute atomic E-state index is 0. The molecule has 13 heteroatoms. The molecule has 0 spiro atoms. The number of primary amides is 2. The van der Waals surface area contributed by atoms with Crippen molar-refractivity contribution < 1.29 is 38.1 Å². The molecule has 266 valence electrons. The molecule has 2 amide bonds. The molecule has 0 aliphatic carbocycles. The van der Waals surface area contributed by atoms with Crippen LogP contribution < -0.4 is 21.1 Å². The number of nitrogens with two attached hydrogens (primary N) is 2. The Bertz CT molecular complexity index is 1710. The zero-order chi connectivity index (χ0) is 35.1. The summed E-state index contributed by atoms with van der Waals surface area (Å²) >= 11 is 1.25. The lowest BCUT2D eigenvalue weighted by Crippen LogP contribution is -2.59. The van der Waals surface area contributed by atoms with Crippen molar-refractivity contribution in [3.63, 3.8) is 0 Å². The van der Waals surface area contributed by atoms with Gasteiger partial charge >= 0.3 is 5.97 Å². The number of para-hydroxylation sites is 1. The topological polar surface area (TPSA) is 202 Å². The van der Waals surface area contributed by atoms with E-state index in [2.05, 4.69) is 18.7 Å². The maximum Gasteiger partial charge on any atom is 0.304 e. The van der Waals surface area contributed by atoms with Crippen LogP contribution in [-0.4, -0.2) is 61.4 Å². The predicted molar refractivity (Wildman–Crippen MR) is 192 cm³/mol. The molecule has 0 fully saturated rings. The smallest absolute Gasteiger partial charge is 0.304 e. The second-order valence-electron chi connectivity index (χ2n) is 12.5. The summed E-state index contributed by atoms with van der Waals surface area (Å²) in [6, 6.07) is 20.5. The first kappa shape index (κ1) is 39.4. The zero-order valence-corrected chi connectivity index (χ0v) is 29.8. The Morgan fingerprint density at radius 2 is 1.55 bits per heavy atom. The minimum Gasteiger partial charge on any atom is -0.481 e. The SMILES string of the molecule is CCCCC1(CCCC)CN(c2ccccc2)c2cc(SC)c(OC(C(N)=O)[C@](CC(=O)O)(C(N)=O)c3ccccc3)cc2S(=O)(=O)C1.O. The number of thioether (sulfide) groups is 1. The van der Waals surface area contributed by atoms with Crippen LogP contribution in [0.15, 0.2) is 82.6 Å². The van der Waals surface area contributed by atoms with Crippen LogP contribution >= 0.6 is 11.8 Å². The van der Waals surface area contributed by atoms with Crippen LogP contribution in [0, 0.1) is 5.41 Å². The molecule has 0 saturated carbocycles. The van der Waals surface area contributed by atoms with Gasteiger partial charge < -0.3 is 31.7 Å². The third kappa shape index (κ3) is 8.39. The van der Waals surface area contributed by atoms with Crippen LogP contribution in [0.1, 0.15) is 64.4 Å². The van der Waals surface area contributed by atoms with E-state index >= 15 is 0 Å². The Hall–Kier alpha value is -4.07. The van der Waals surface area contributed by atoms with Gasteiger partial charge in [0.15, 0.2) is 15.9 Å². The second kappa shape index (κ2) is 16.6. The summed E-state index contributed by atoms with van der Waals surface area (Å²) in [6.45, 7) is 4.67. The highest BCUT2D eigenvalue weighted by molar-refractivity contribution is 7.98. The number of rotatable bonds is 16. The van der Waals surface area contributed by atoms with E-state index in [9.17, 15) is 27.9 Å². The van der Waals surface area contributed by atoms with Gasteiger partial charge in [0.1, 0.15) is 11.2 Å². The largest absolute Gasteiger partial charge is 0.481 e. The normalized spacial score (nSPS) is 16.6. The number of hydrogen-bond donors (Lipinski definition) is 3. The fraction of sp³-hybridized carbons (Fsp3) is 0.417. The lowest BCUT2D eigenvalue weighted by molar-refractivity contribution is -0.147. The lowest BCUT2D eigenvalue weighted by atomic mass is 9.71. The molecule has 1 aliphatic rings. The van der Waals surface area contributed by atoms with E-state index in [1.54, 1.807) is 30.5 Å². The number of hydrogen-bond acceptors (Lipinski definition) is 8. The van der Waals surface area contributed by atoms with Crippen molar-refractivity contribution in [3.05, 3.63) is 78.4 Å². The van der Waals surface area contributed by atoms with Gasteiger partial charge in [-0.1, -0.05) is 88.1 Å². The third-order valence-corrected chi connectivity index (χ3v) is 11.9. The molecule has 3 aromatic rings. The highest BCUT2D eigenvalue weighted by Crippen LogP contribution is 2.48. The molecule has 1 aliphatic heterocycles. The lowest BCUT2D eigenvalue weighted by Gasteiger charge is -2.37. The molecule has 3 aromatic carbocycles. The van der Waals surface area contributed by atoms with Gasteiger partial charge in [0.25, 0.3) is 5.91 Å².